The minimum absolute atomic E-state index is 0.0889. The number of aromatic carboxylic acids is 1. The number of carbonyl (C=O) groups excluding carboxylic acids is 2. The molecule has 1 aromatic carbocycles. The molecule has 1 atom stereocenters. The van der Waals surface area contributed by atoms with Crippen LogP contribution in [0.1, 0.15) is 55.1 Å². The zero-order valence-corrected chi connectivity index (χ0v) is 15.2. The van der Waals surface area contributed by atoms with Gasteiger partial charge in [-0.3, -0.25) is 9.69 Å². The first kappa shape index (κ1) is 19.0. The van der Waals surface area contributed by atoms with Crippen LogP contribution in [0.3, 0.4) is 0 Å². The number of hydrogen-bond donors (Lipinski definition) is 1. The predicted octanol–water partition coefficient (Wildman–Crippen LogP) is 3.20. The van der Waals surface area contributed by atoms with Gasteiger partial charge in [-0.05, 0) is 63.8 Å². The van der Waals surface area contributed by atoms with E-state index in [0.29, 0.717) is 18.5 Å². The number of rotatable bonds is 4. The number of Topliss-reactive ketones (excluding diaryl/α,β-unsaturated/α-hetero) is 1. The van der Waals surface area contributed by atoms with Gasteiger partial charge < -0.3 is 9.84 Å². The van der Waals surface area contributed by atoms with Crippen molar-refractivity contribution in [3.05, 3.63) is 34.9 Å². The Bertz CT molecular complexity index is 690. The van der Waals surface area contributed by atoms with Crippen LogP contribution < -0.4 is 0 Å². The third-order valence-electron chi connectivity index (χ3n) is 4.21. The van der Waals surface area contributed by atoms with E-state index in [9.17, 15) is 14.4 Å². The molecular formula is C19H25NO5. The van der Waals surface area contributed by atoms with E-state index >= 15 is 0 Å². The Balaban J connectivity index is 2.13. The topological polar surface area (TPSA) is 83.9 Å². The SMILES string of the molecule is Cc1ccc(C(=O)O)cc1CC(=O)[C@@H]1CCCN1C(=O)OC(C)(C)C. The minimum Gasteiger partial charge on any atom is -0.478 e. The molecule has 1 amide bonds. The van der Waals surface area contributed by atoms with Crippen LogP contribution in [0.2, 0.25) is 0 Å². The Kier molecular flexibility index (Phi) is 5.50. The standard InChI is InChI=1S/C19H25NO5/c1-12-7-8-13(17(22)23)10-14(12)11-16(21)15-6-5-9-20(15)18(24)25-19(2,3)4/h7-8,10,15H,5-6,9,11H2,1-4H3,(H,22,23)/t15-/m0/s1. The number of nitrogens with zero attached hydrogens (tertiary/aromatic N) is 1. The maximum atomic E-state index is 12.7. The molecule has 1 aliphatic rings. The number of carboxylic acid groups (broad SMARTS) is 1. The van der Waals surface area contributed by atoms with Crippen LogP contribution in [0, 0.1) is 6.92 Å². The van der Waals surface area contributed by atoms with Gasteiger partial charge in [0.25, 0.3) is 0 Å². The van der Waals surface area contributed by atoms with Crippen molar-refractivity contribution in [2.75, 3.05) is 6.54 Å². The van der Waals surface area contributed by atoms with E-state index in [1.165, 1.54) is 17.0 Å². The summed E-state index contributed by atoms with van der Waals surface area (Å²) in [5.41, 5.74) is 1.09. The first-order valence-corrected chi connectivity index (χ1v) is 8.43. The lowest BCUT2D eigenvalue weighted by atomic mass is 9.97. The highest BCUT2D eigenvalue weighted by molar-refractivity contribution is 5.91. The van der Waals surface area contributed by atoms with Crippen molar-refractivity contribution in [3.63, 3.8) is 0 Å². The Labute approximate surface area is 147 Å². The monoisotopic (exact) mass is 347 g/mol. The number of hydrogen-bond acceptors (Lipinski definition) is 4. The van der Waals surface area contributed by atoms with Gasteiger partial charge in [-0.1, -0.05) is 6.07 Å². The molecule has 6 nitrogen and oxygen atoms in total. The van der Waals surface area contributed by atoms with Crippen LogP contribution in [-0.4, -0.2) is 46.0 Å². The average molecular weight is 347 g/mol. The summed E-state index contributed by atoms with van der Waals surface area (Å²) in [6.45, 7) is 7.71. The molecule has 25 heavy (non-hydrogen) atoms. The molecule has 0 saturated carbocycles. The maximum Gasteiger partial charge on any atom is 0.410 e. The number of likely N-dealkylation sites (tertiary alicyclic amines) is 1. The number of aryl methyl sites for hydroxylation is 1. The van der Waals surface area contributed by atoms with E-state index in [2.05, 4.69) is 0 Å². The quantitative estimate of drug-likeness (QED) is 0.904. The third kappa shape index (κ3) is 4.81. The second-order valence-corrected chi connectivity index (χ2v) is 7.42. The van der Waals surface area contributed by atoms with E-state index < -0.39 is 23.7 Å². The minimum atomic E-state index is -1.02. The number of benzene rings is 1. The van der Waals surface area contributed by atoms with Gasteiger partial charge in [-0.15, -0.1) is 0 Å². The van der Waals surface area contributed by atoms with Crippen LogP contribution in [-0.2, 0) is 16.0 Å². The van der Waals surface area contributed by atoms with Crippen LogP contribution in [0.4, 0.5) is 4.79 Å². The zero-order chi connectivity index (χ0) is 18.8. The van der Waals surface area contributed by atoms with Crippen molar-refractivity contribution in [1.29, 1.82) is 0 Å². The van der Waals surface area contributed by atoms with Gasteiger partial charge in [0.1, 0.15) is 5.60 Å². The molecule has 0 spiro atoms. The third-order valence-corrected chi connectivity index (χ3v) is 4.21. The van der Waals surface area contributed by atoms with Crippen molar-refractivity contribution < 1.29 is 24.2 Å². The molecule has 0 radical (unpaired) electrons. The van der Waals surface area contributed by atoms with Gasteiger partial charge in [0.2, 0.25) is 0 Å². The molecule has 136 valence electrons. The van der Waals surface area contributed by atoms with Crippen molar-refractivity contribution in [1.82, 2.24) is 4.90 Å². The van der Waals surface area contributed by atoms with Gasteiger partial charge in [0.15, 0.2) is 5.78 Å². The molecule has 0 aliphatic carbocycles. The highest BCUT2D eigenvalue weighted by atomic mass is 16.6. The van der Waals surface area contributed by atoms with Crippen LogP contribution >= 0.6 is 0 Å². The zero-order valence-electron chi connectivity index (χ0n) is 15.2. The molecule has 0 bridgehead atoms. The van der Waals surface area contributed by atoms with E-state index in [0.717, 1.165) is 12.0 Å². The predicted molar refractivity (Wildman–Crippen MR) is 92.8 cm³/mol. The number of ketones is 1. The molecule has 1 saturated heterocycles. The van der Waals surface area contributed by atoms with E-state index in [-0.39, 0.29) is 17.8 Å². The Morgan fingerprint density at radius 3 is 2.56 bits per heavy atom. The molecule has 6 heteroatoms. The second kappa shape index (κ2) is 7.25. The lowest BCUT2D eigenvalue weighted by Crippen LogP contribution is -2.43. The van der Waals surface area contributed by atoms with Crippen LogP contribution in [0.25, 0.3) is 0 Å². The van der Waals surface area contributed by atoms with Gasteiger partial charge in [-0.2, -0.15) is 0 Å². The Morgan fingerprint density at radius 2 is 1.96 bits per heavy atom. The summed E-state index contributed by atoms with van der Waals surface area (Å²) in [6.07, 6.45) is 0.996. The summed E-state index contributed by atoms with van der Waals surface area (Å²) in [5.74, 6) is -1.11. The molecule has 1 fully saturated rings. The van der Waals surface area contributed by atoms with Crippen molar-refractivity contribution in [2.24, 2.45) is 0 Å². The summed E-state index contributed by atoms with van der Waals surface area (Å²) in [5, 5.41) is 9.11. The van der Waals surface area contributed by atoms with Crippen molar-refractivity contribution in [3.8, 4) is 0 Å². The van der Waals surface area contributed by atoms with Crippen molar-refractivity contribution >= 4 is 17.8 Å². The summed E-state index contributed by atoms with van der Waals surface area (Å²) < 4.78 is 5.38. The summed E-state index contributed by atoms with van der Waals surface area (Å²) in [4.78, 5) is 37.7. The number of amides is 1. The molecule has 2 rings (SSSR count). The molecular weight excluding hydrogens is 322 g/mol. The molecule has 1 heterocycles. The molecule has 1 N–H and O–H groups in total. The second-order valence-electron chi connectivity index (χ2n) is 7.42. The fourth-order valence-corrected chi connectivity index (χ4v) is 2.94. The molecule has 1 aromatic rings. The summed E-state index contributed by atoms with van der Waals surface area (Å²) in [6, 6.07) is 4.24. The van der Waals surface area contributed by atoms with Crippen LogP contribution in [0.5, 0.6) is 0 Å². The fourth-order valence-electron chi connectivity index (χ4n) is 2.94. The van der Waals surface area contributed by atoms with Gasteiger partial charge in [0.05, 0.1) is 11.6 Å². The fraction of sp³-hybridized carbons (Fsp3) is 0.526. The highest BCUT2D eigenvalue weighted by Gasteiger charge is 2.36. The first-order chi connectivity index (χ1) is 11.6. The summed E-state index contributed by atoms with van der Waals surface area (Å²) in [7, 11) is 0. The van der Waals surface area contributed by atoms with Crippen molar-refractivity contribution in [2.45, 2.75) is 58.6 Å². The molecule has 1 aliphatic heterocycles. The lowest BCUT2D eigenvalue weighted by molar-refractivity contribution is -0.122. The molecule has 0 aromatic heterocycles. The van der Waals surface area contributed by atoms with Crippen LogP contribution in [0.15, 0.2) is 18.2 Å². The van der Waals surface area contributed by atoms with Gasteiger partial charge in [-0.25, -0.2) is 9.59 Å². The van der Waals surface area contributed by atoms with E-state index in [4.69, 9.17) is 9.84 Å². The van der Waals surface area contributed by atoms with E-state index in [1.807, 2.05) is 6.92 Å². The van der Waals surface area contributed by atoms with E-state index in [1.54, 1.807) is 26.8 Å². The normalized spacial score (nSPS) is 17.4. The Morgan fingerprint density at radius 1 is 1.28 bits per heavy atom. The highest BCUT2D eigenvalue weighted by Crippen LogP contribution is 2.23. The first-order valence-electron chi connectivity index (χ1n) is 8.43. The number of carboxylic acids is 1. The van der Waals surface area contributed by atoms with Gasteiger partial charge in [0, 0.05) is 13.0 Å². The largest absolute Gasteiger partial charge is 0.478 e. The number of ether oxygens (including phenoxy) is 1. The smallest absolute Gasteiger partial charge is 0.410 e. The van der Waals surface area contributed by atoms with Gasteiger partial charge >= 0.3 is 12.1 Å². The molecule has 0 unspecified atom stereocenters. The maximum absolute atomic E-state index is 12.7. The lowest BCUT2D eigenvalue weighted by Gasteiger charge is -2.28. The number of carbonyl (C=O) groups is 3. The summed E-state index contributed by atoms with van der Waals surface area (Å²) >= 11 is 0. The average Bonchev–Trinajstić information content (AvgIpc) is 2.97. The Hall–Kier alpha value is -2.37.